The largest absolute Gasteiger partial charge is 0.464 e. The van der Waals surface area contributed by atoms with Gasteiger partial charge in [0.1, 0.15) is 0 Å². The molecular weight excluding hydrogens is 526 g/mol. The molecule has 43 heavy (non-hydrogen) atoms. The first kappa shape index (κ1) is 42.4. The lowest BCUT2D eigenvalue weighted by Crippen LogP contribution is -2.25. The third-order valence-corrected chi connectivity index (χ3v) is 9.36. The molecule has 3 nitrogen and oxygen atoms in total. The van der Waals surface area contributed by atoms with E-state index in [0.717, 1.165) is 0 Å². The van der Waals surface area contributed by atoms with Gasteiger partial charge in [-0.1, -0.05) is 206 Å². The number of rotatable bonds is 36. The van der Waals surface area contributed by atoms with Gasteiger partial charge in [-0.3, -0.25) is 9.69 Å². The van der Waals surface area contributed by atoms with Crippen LogP contribution in [0, 0.1) is 5.92 Å². The number of nitrogens with zero attached hydrogens (tertiary/aromatic N) is 1. The third kappa shape index (κ3) is 35.8. The lowest BCUT2D eigenvalue weighted by Gasteiger charge is -2.18. The minimum absolute atomic E-state index is 0.0667. The molecule has 0 radical (unpaired) electrons. The van der Waals surface area contributed by atoms with Gasteiger partial charge in [-0.05, 0) is 32.9 Å². The van der Waals surface area contributed by atoms with Gasteiger partial charge in [0, 0.05) is 0 Å². The zero-order chi connectivity index (χ0) is 31.5. The first-order valence-electron chi connectivity index (χ1n) is 19.9. The average molecular weight is 608 g/mol. The van der Waals surface area contributed by atoms with Crippen molar-refractivity contribution in [3.8, 4) is 0 Å². The van der Waals surface area contributed by atoms with Crippen LogP contribution < -0.4 is 0 Å². The van der Waals surface area contributed by atoms with E-state index in [1.807, 2.05) is 19.0 Å². The molecule has 0 aromatic rings. The Labute approximate surface area is 272 Å². The highest BCUT2D eigenvalue weighted by atomic mass is 16.5. The molecule has 0 aliphatic heterocycles. The summed E-state index contributed by atoms with van der Waals surface area (Å²) in [5.41, 5.74) is 0. The lowest BCUT2D eigenvalue weighted by atomic mass is 9.94. The van der Waals surface area contributed by atoms with Crippen molar-refractivity contribution in [2.45, 2.75) is 219 Å². The number of likely N-dealkylation sites (N-methyl/N-ethyl adjacent to an activating group) is 1. The highest BCUT2D eigenvalue weighted by Crippen LogP contribution is 2.21. The number of ether oxygens (including phenoxy) is 1. The van der Waals surface area contributed by atoms with Gasteiger partial charge in [0.15, 0.2) is 0 Å². The van der Waals surface area contributed by atoms with Crippen molar-refractivity contribution in [1.82, 2.24) is 4.90 Å². The summed E-state index contributed by atoms with van der Waals surface area (Å²) in [6, 6.07) is 0. The SMILES string of the molecule is CCCCCCCCCCCCCCCCCCC(CCCCCCCCCCCCCCCC)COC(=O)CN(C)C. The van der Waals surface area contributed by atoms with Gasteiger partial charge in [-0.15, -0.1) is 0 Å². The maximum absolute atomic E-state index is 12.1. The minimum atomic E-state index is -0.0667. The van der Waals surface area contributed by atoms with Gasteiger partial charge in [-0.2, -0.15) is 0 Å². The van der Waals surface area contributed by atoms with Crippen LogP contribution in [0.4, 0.5) is 0 Å². The molecule has 0 fully saturated rings. The monoisotopic (exact) mass is 608 g/mol. The van der Waals surface area contributed by atoms with Gasteiger partial charge in [0.2, 0.25) is 0 Å². The van der Waals surface area contributed by atoms with Crippen molar-refractivity contribution in [3.63, 3.8) is 0 Å². The molecule has 0 aliphatic carbocycles. The molecule has 0 aliphatic rings. The summed E-state index contributed by atoms with van der Waals surface area (Å²) in [5, 5.41) is 0. The molecule has 0 aromatic carbocycles. The van der Waals surface area contributed by atoms with Crippen LogP contribution in [0.1, 0.15) is 219 Å². The predicted molar refractivity (Wildman–Crippen MR) is 192 cm³/mol. The van der Waals surface area contributed by atoms with Gasteiger partial charge in [0.25, 0.3) is 0 Å². The summed E-state index contributed by atoms with van der Waals surface area (Å²) in [4.78, 5) is 14.0. The van der Waals surface area contributed by atoms with E-state index in [-0.39, 0.29) is 5.97 Å². The Hall–Kier alpha value is -0.570. The van der Waals surface area contributed by atoms with Gasteiger partial charge in [-0.25, -0.2) is 0 Å². The van der Waals surface area contributed by atoms with E-state index in [0.29, 0.717) is 19.1 Å². The van der Waals surface area contributed by atoms with E-state index in [1.54, 1.807) is 0 Å². The highest BCUT2D eigenvalue weighted by molar-refractivity contribution is 5.71. The lowest BCUT2D eigenvalue weighted by molar-refractivity contribution is -0.145. The van der Waals surface area contributed by atoms with Crippen LogP contribution in [-0.4, -0.2) is 38.1 Å². The summed E-state index contributed by atoms with van der Waals surface area (Å²) in [7, 11) is 3.87. The van der Waals surface area contributed by atoms with Crippen molar-refractivity contribution >= 4 is 5.97 Å². The maximum atomic E-state index is 12.1. The summed E-state index contributed by atoms with van der Waals surface area (Å²) in [6.07, 6.45) is 44.8. The van der Waals surface area contributed by atoms with Gasteiger partial charge >= 0.3 is 5.97 Å². The maximum Gasteiger partial charge on any atom is 0.320 e. The first-order valence-corrected chi connectivity index (χ1v) is 19.9. The summed E-state index contributed by atoms with van der Waals surface area (Å²) < 4.78 is 5.68. The van der Waals surface area contributed by atoms with E-state index in [4.69, 9.17) is 4.74 Å². The zero-order valence-electron chi connectivity index (χ0n) is 30.4. The molecule has 1 atom stereocenters. The second kappa shape index (κ2) is 35.9. The summed E-state index contributed by atoms with van der Waals surface area (Å²) in [5.74, 6) is 0.484. The Bertz CT molecular complexity index is 535. The summed E-state index contributed by atoms with van der Waals surface area (Å²) >= 11 is 0. The second-order valence-corrected chi connectivity index (χ2v) is 14.3. The molecule has 0 saturated heterocycles. The van der Waals surface area contributed by atoms with Crippen molar-refractivity contribution < 1.29 is 9.53 Å². The topological polar surface area (TPSA) is 29.5 Å². The van der Waals surface area contributed by atoms with Gasteiger partial charge < -0.3 is 4.74 Å². The minimum Gasteiger partial charge on any atom is -0.464 e. The fourth-order valence-corrected chi connectivity index (χ4v) is 6.43. The van der Waals surface area contributed by atoms with Crippen LogP contribution in [0.3, 0.4) is 0 Å². The fourth-order valence-electron chi connectivity index (χ4n) is 6.43. The summed E-state index contributed by atoms with van der Waals surface area (Å²) in [6.45, 7) is 5.62. The first-order chi connectivity index (χ1) is 21.1. The van der Waals surface area contributed by atoms with E-state index < -0.39 is 0 Å². The smallest absolute Gasteiger partial charge is 0.320 e. The molecule has 258 valence electrons. The van der Waals surface area contributed by atoms with Crippen LogP contribution in [0.25, 0.3) is 0 Å². The number of carbonyl (C=O) groups excluding carboxylic acids is 1. The van der Waals surface area contributed by atoms with Crippen molar-refractivity contribution in [2.75, 3.05) is 27.2 Å². The van der Waals surface area contributed by atoms with Crippen LogP contribution in [0.5, 0.6) is 0 Å². The molecule has 0 amide bonds. The standard InChI is InChI=1S/C40H81NO2/c1-5-7-9-11-13-15-17-19-21-22-24-26-28-30-32-34-36-39(38-43-40(42)37-41(3)4)35-33-31-29-27-25-23-20-18-16-14-12-10-8-6-2/h39H,5-38H2,1-4H3. The van der Waals surface area contributed by atoms with Crippen LogP contribution in [0.2, 0.25) is 0 Å². The Morgan fingerprint density at radius 3 is 0.953 bits per heavy atom. The van der Waals surface area contributed by atoms with Gasteiger partial charge in [0.05, 0.1) is 13.2 Å². The number of hydrogen-bond acceptors (Lipinski definition) is 3. The number of carbonyl (C=O) groups is 1. The Morgan fingerprint density at radius 1 is 0.442 bits per heavy atom. The molecule has 0 bridgehead atoms. The zero-order valence-corrected chi connectivity index (χ0v) is 30.4. The molecule has 0 rings (SSSR count). The molecule has 0 heterocycles. The second-order valence-electron chi connectivity index (χ2n) is 14.3. The van der Waals surface area contributed by atoms with Crippen molar-refractivity contribution in [3.05, 3.63) is 0 Å². The van der Waals surface area contributed by atoms with Crippen LogP contribution >= 0.6 is 0 Å². The fraction of sp³-hybridized carbons (Fsp3) is 0.975. The van der Waals surface area contributed by atoms with Crippen LogP contribution in [-0.2, 0) is 9.53 Å². The number of esters is 1. The Balaban J connectivity index is 3.80. The molecule has 0 spiro atoms. The molecule has 0 N–H and O–H groups in total. The average Bonchev–Trinajstić information content (AvgIpc) is 2.99. The Morgan fingerprint density at radius 2 is 0.698 bits per heavy atom. The molecule has 3 heteroatoms. The normalized spacial score (nSPS) is 12.3. The molecule has 0 aromatic heterocycles. The Kier molecular flexibility index (Phi) is 35.4. The quantitative estimate of drug-likeness (QED) is 0.0524. The van der Waals surface area contributed by atoms with E-state index in [2.05, 4.69) is 13.8 Å². The third-order valence-electron chi connectivity index (χ3n) is 9.36. The molecular formula is C40H81NO2. The molecule has 1 unspecified atom stereocenters. The molecule has 0 saturated carbocycles. The predicted octanol–water partition coefficient (Wildman–Crippen LogP) is 13.2. The van der Waals surface area contributed by atoms with E-state index in [9.17, 15) is 4.79 Å². The van der Waals surface area contributed by atoms with E-state index in [1.165, 1.54) is 205 Å². The van der Waals surface area contributed by atoms with Crippen molar-refractivity contribution in [2.24, 2.45) is 5.92 Å². The van der Waals surface area contributed by atoms with E-state index >= 15 is 0 Å². The van der Waals surface area contributed by atoms with Crippen molar-refractivity contribution in [1.29, 1.82) is 0 Å². The number of hydrogen-bond donors (Lipinski definition) is 0. The highest BCUT2D eigenvalue weighted by Gasteiger charge is 2.13. The number of unbranched alkanes of at least 4 members (excludes halogenated alkanes) is 28. The van der Waals surface area contributed by atoms with Crippen LogP contribution in [0.15, 0.2) is 0 Å².